The third-order valence-electron chi connectivity index (χ3n) is 5.68. The van der Waals surface area contributed by atoms with Crippen molar-refractivity contribution in [2.24, 2.45) is 5.92 Å². The number of anilines is 1. The average Bonchev–Trinajstić information content (AvgIpc) is 2.68. The van der Waals surface area contributed by atoms with Crippen LogP contribution in [0, 0.1) is 5.92 Å². The van der Waals surface area contributed by atoms with E-state index < -0.39 is 23.7 Å². The molecular formula is C20H28F3N3O2. The zero-order chi connectivity index (χ0) is 20.1. The number of amides is 1. The van der Waals surface area contributed by atoms with Gasteiger partial charge in [0, 0.05) is 45.9 Å². The molecule has 2 saturated heterocycles. The SMILES string of the molecule is CC(C(=O)Nc1ccccc1C(F)(F)F)N1CCN(CC2CCOCC2)CC1. The van der Waals surface area contributed by atoms with E-state index in [4.69, 9.17) is 4.74 Å². The van der Waals surface area contributed by atoms with E-state index in [1.807, 2.05) is 4.90 Å². The number of carbonyl (C=O) groups is 1. The van der Waals surface area contributed by atoms with Crippen molar-refractivity contribution in [1.29, 1.82) is 0 Å². The lowest BCUT2D eigenvalue weighted by Crippen LogP contribution is -2.53. The van der Waals surface area contributed by atoms with E-state index in [0.717, 1.165) is 64.8 Å². The molecule has 2 aliphatic rings. The minimum Gasteiger partial charge on any atom is -0.381 e. The summed E-state index contributed by atoms with van der Waals surface area (Å²) in [5.74, 6) is 0.259. The fraction of sp³-hybridized carbons (Fsp3) is 0.650. The van der Waals surface area contributed by atoms with Crippen molar-refractivity contribution in [2.45, 2.75) is 32.0 Å². The summed E-state index contributed by atoms with van der Waals surface area (Å²) in [5, 5.41) is 2.46. The molecule has 0 spiro atoms. The number of alkyl halides is 3. The van der Waals surface area contributed by atoms with Gasteiger partial charge < -0.3 is 15.0 Å². The maximum atomic E-state index is 13.1. The standard InChI is InChI=1S/C20H28F3N3O2/c1-15(19(27)24-18-5-3-2-4-17(18)20(21,22)23)26-10-8-25(9-11-26)14-16-6-12-28-13-7-16/h2-5,15-16H,6-14H2,1H3,(H,24,27). The van der Waals surface area contributed by atoms with Gasteiger partial charge in [-0.2, -0.15) is 13.2 Å². The number of halogens is 3. The molecule has 1 N–H and O–H groups in total. The maximum absolute atomic E-state index is 13.1. The van der Waals surface area contributed by atoms with Crippen LogP contribution in [0.15, 0.2) is 24.3 Å². The lowest BCUT2D eigenvalue weighted by atomic mass is 9.99. The number of hydrogen-bond donors (Lipinski definition) is 1. The zero-order valence-corrected chi connectivity index (χ0v) is 16.2. The van der Waals surface area contributed by atoms with E-state index in [1.54, 1.807) is 6.92 Å². The molecule has 0 bridgehead atoms. The van der Waals surface area contributed by atoms with Crippen LogP contribution in [0.5, 0.6) is 0 Å². The van der Waals surface area contributed by atoms with E-state index >= 15 is 0 Å². The number of rotatable bonds is 5. The molecule has 2 heterocycles. The molecule has 156 valence electrons. The fourth-order valence-electron chi connectivity index (χ4n) is 3.87. The van der Waals surface area contributed by atoms with Crippen LogP contribution in [-0.2, 0) is 15.7 Å². The van der Waals surface area contributed by atoms with E-state index in [2.05, 4.69) is 10.2 Å². The molecule has 2 fully saturated rings. The van der Waals surface area contributed by atoms with Gasteiger partial charge >= 0.3 is 6.18 Å². The molecule has 1 amide bonds. The molecule has 2 aliphatic heterocycles. The molecule has 3 rings (SSSR count). The minimum absolute atomic E-state index is 0.190. The molecule has 1 aromatic rings. The maximum Gasteiger partial charge on any atom is 0.418 e. The van der Waals surface area contributed by atoms with Crippen molar-refractivity contribution >= 4 is 11.6 Å². The number of carbonyl (C=O) groups excluding carboxylic acids is 1. The van der Waals surface area contributed by atoms with Crippen LogP contribution in [0.2, 0.25) is 0 Å². The van der Waals surface area contributed by atoms with Crippen LogP contribution < -0.4 is 5.32 Å². The second kappa shape index (κ2) is 9.24. The van der Waals surface area contributed by atoms with Crippen molar-refractivity contribution in [3.63, 3.8) is 0 Å². The molecule has 28 heavy (non-hydrogen) atoms. The number of piperazine rings is 1. The van der Waals surface area contributed by atoms with Gasteiger partial charge in [-0.05, 0) is 37.8 Å². The predicted molar refractivity (Wildman–Crippen MR) is 101 cm³/mol. The van der Waals surface area contributed by atoms with Gasteiger partial charge in [-0.15, -0.1) is 0 Å². The van der Waals surface area contributed by atoms with Gasteiger partial charge in [-0.3, -0.25) is 9.69 Å². The van der Waals surface area contributed by atoms with Gasteiger partial charge in [0.1, 0.15) is 0 Å². The van der Waals surface area contributed by atoms with Gasteiger partial charge in [0.15, 0.2) is 0 Å². The van der Waals surface area contributed by atoms with E-state index in [-0.39, 0.29) is 5.69 Å². The highest BCUT2D eigenvalue weighted by Gasteiger charge is 2.34. The third kappa shape index (κ3) is 5.46. The van der Waals surface area contributed by atoms with E-state index in [1.165, 1.54) is 18.2 Å². The normalized spacial score (nSPS) is 21.4. The van der Waals surface area contributed by atoms with E-state index in [9.17, 15) is 18.0 Å². The molecule has 0 radical (unpaired) electrons. The number of benzene rings is 1. The minimum atomic E-state index is -4.50. The molecule has 5 nitrogen and oxygen atoms in total. The second-order valence-corrected chi connectivity index (χ2v) is 7.60. The van der Waals surface area contributed by atoms with Crippen molar-refractivity contribution in [3.8, 4) is 0 Å². The van der Waals surface area contributed by atoms with Crippen LogP contribution in [0.3, 0.4) is 0 Å². The molecule has 1 atom stereocenters. The highest BCUT2D eigenvalue weighted by molar-refractivity contribution is 5.95. The summed E-state index contributed by atoms with van der Waals surface area (Å²) in [4.78, 5) is 17.0. The molecule has 0 aromatic heterocycles. The Balaban J connectivity index is 1.51. The monoisotopic (exact) mass is 399 g/mol. The Labute approximate surface area is 163 Å². The van der Waals surface area contributed by atoms with Crippen LogP contribution >= 0.6 is 0 Å². The smallest absolute Gasteiger partial charge is 0.381 e. The number of nitrogens with one attached hydrogen (secondary N) is 1. The van der Waals surface area contributed by atoms with Gasteiger partial charge in [0.05, 0.1) is 17.3 Å². The summed E-state index contributed by atoms with van der Waals surface area (Å²) < 4.78 is 44.7. The average molecular weight is 399 g/mol. The van der Waals surface area contributed by atoms with Crippen LogP contribution in [0.25, 0.3) is 0 Å². The fourth-order valence-corrected chi connectivity index (χ4v) is 3.87. The first-order valence-electron chi connectivity index (χ1n) is 9.86. The van der Waals surface area contributed by atoms with Gasteiger partial charge in [0.2, 0.25) is 5.91 Å². The Morgan fingerprint density at radius 2 is 1.82 bits per heavy atom. The van der Waals surface area contributed by atoms with Crippen LogP contribution in [0.4, 0.5) is 18.9 Å². The summed E-state index contributed by atoms with van der Waals surface area (Å²) in [6.45, 7) is 7.68. The lowest BCUT2D eigenvalue weighted by molar-refractivity contribution is -0.137. The largest absolute Gasteiger partial charge is 0.418 e. The predicted octanol–water partition coefficient (Wildman–Crippen LogP) is 3.08. The lowest BCUT2D eigenvalue weighted by Gasteiger charge is -2.39. The summed E-state index contributed by atoms with van der Waals surface area (Å²) >= 11 is 0. The molecule has 8 heteroatoms. The van der Waals surface area contributed by atoms with Gasteiger partial charge in [-0.25, -0.2) is 0 Å². The number of nitrogens with zero attached hydrogens (tertiary/aromatic N) is 2. The number of hydrogen-bond acceptors (Lipinski definition) is 4. The summed E-state index contributed by atoms with van der Waals surface area (Å²) in [7, 11) is 0. The Hall–Kier alpha value is -1.64. The van der Waals surface area contributed by atoms with Crippen molar-refractivity contribution in [2.75, 3.05) is 51.3 Å². The molecular weight excluding hydrogens is 371 g/mol. The Morgan fingerprint density at radius 1 is 1.18 bits per heavy atom. The quantitative estimate of drug-likeness (QED) is 0.827. The highest BCUT2D eigenvalue weighted by Crippen LogP contribution is 2.34. The summed E-state index contributed by atoms with van der Waals surface area (Å²) in [6, 6.07) is 4.60. The first-order valence-corrected chi connectivity index (χ1v) is 9.86. The first-order chi connectivity index (χ1) is 13.3. The van der Waals surface area contributed by atoms with E-state index in [0.29, 0.717) is 5.92 Å². The number of para-hydroxylation sites is 1. The molecule has 1 aromatic carbocycles. The Kier molecular flexibility index (Phi) is 6.95. The molecule has 1 unspecified atom stereocenters. The van der Waals surface area contributed by atoms with Crippen molar-refractivity contribution in [1.82, 2.24) is 9.80 Å². The third-order valence-corrected chi connectivity index (χ3v) is 5.68. The second-order valence-electron chi connectivity index (χ2n) is 7.60. The number of ether oxygens (including phenoxy) is 1. The zero-order valence-electron chi connectivity index (χ0n) is 16.2. The highest BCUT2D eigenvalue weighted by atomic mass is 19.4. The topological polar surface area (TPSA) is 44.8 Å². The summed E-state index contributed by atoms with van der Waals surface area (Å²) in [5.41, 5.74) is -1.01. The van der Waals surface area contributed by atoms with Crippen molar-refractivity contribution < 1.29 is 22.7 Å². The first kappa shape index (κ1) is 21.1. The Morgan fingerprint density at radius 3 is 2.46 bits per heavy atom. The van der Waals surface area contributed by atoms with Crippen LogP contribution in [0.1, 0.15) is 25.3 Å². The molecule has 0 aliphatic carbocycles. The Bertz CT molecular complexity index is 654. The molecule has 0 saturated carbocycles. The van der Waals surface area contributed by atoms with Crippen LogP contribution in [-0.4, -0.2) is 67.7 Å². The van der Waals surface area contributed by atoms with Crippen molar-refractivity contribution in [3.05, 3.63) is 29.8 Å². The van der Waals surface area contributed by atoms with Gasteiger partial charge in [-0.1, -0.05) is 12.1 Å². The van der Waals surface area contributed by atoms with Gasteiger partial charge in [0.25, 0.3) is 0 Å². The summed E-state index contributed by atoms with van der Waals surface area (Å²) in [6.07, 6.45) is -2.31.